The van der Waals surface area contributed by atoms with Gasteiger partial charge in [-0.1, -0.05) is 6.07 Å². The van der Waals surface area contributed by atoms with Gasteiger partial charge < -0.3 is 29.2 Å². The third-order valence-corrected chi connectivity index (χ3v) is 8.16. The summed E-state index contributed by atoms with van der Waals surface area (Å²) in [5.74, 6) is 1.72. The van der Waals surface area contributed by atoms with Crippen molar-refractivity contribution < 1.29 is 19.1 Å². The molecule has 1 fully saturated rings. The quantitative estimate of drug-likeness (QED) is 0.557. The molecule has 2 atom stereocenters. The molecule has 0 saturated carbocycles. The van der Waals surface area contributed by atoms with Crippen molar-refractivity contribution in [2.24, 2.45) is 5.92 Å². The number of rotatable bonds is 4. The average molecular weight is 529 g/mol. The number of piperidine rings is 1. The second-order valence-corrected chi connectivity index (χ2v) is 10.6. The van der Waals surface area contributed by atoms with Crippen molar-refractivity contribution in [1.29, 1.82) is 0 Å². The summed E-state index contributed by atoms with van der Waals surface area (Å²) >= 11 is 0. The number of fused-ring (bicyclic) bond motifs is 5. The molecule has 3 aromatic rings. The van der Waals surface area contributed by atoms with Crippen LogP contribution in [0.2, 0.25) is 0 Å². The summed E-state index contributed by atoms with van der Waals surface area (Å²) in [6.07, 6.45) is 1.73. The van der Waals surface area contributed by atoms with Crippen molar-refractivity contribution in [1.82, 2.24) is 14.4 Å². The van der Waals surface area contributed by atoms with Crippen molar-refractivity contribution in [2.45, 2.75) is 31.8 Å². The van der Waals surface area contributed by atoms with Crippen molar-refractivity contribution in [2.75, 3.05) is 39.2 Å². The van der Waals surface area contributed by atoms with Crippen LogP contribution >= 0.6 is 0 Å². The zero-order valence-electron chi connectivity index (χ0n) is 22.2. The summed E-state index contributed by atoms with van der Waals surface area (Å²) in [4.78, 5) is 42.3. The molecular formula is C30H32N4O5. The fourth-order valence-electron chi connectivity index (χ4n) is 6.20. The smallest absolute Gasteiger partial charge is 0.321 e. The van der Waals surface area contributed by atoms with Gasteiger partial charge in [0.25, 0.3) is 11.5 Å². The Hall–Kier alpha value is -4.27. The molecule has 9 heteroatoms. The van der Waals surface area contributed by atoms with E-state index in [1.54, 1.807) is 50.6 Å². The first-order chi connectivity index (χ1) is 18.9. The van der Waals surface area contributed by atoms with E-state index in [1.807, 2.05) is 32.6 Å². The van der Waals surface area contributed by atoms with E-state index in [9.17, 15) is 14.4 Å². The number of aromatic nitrogens is 1. The van der Waals surface area contributed by atoms with E-state index in [-0.39, 0.29) is 29.3 Å². The maximum atomic E-state index is 13.3. The second kappa shape index (κ2) is 10.1. The van der Waals surface area contributed by atoms with Crippen LogP contribution in [0.3, 0.4) is 0 Å². The number of carbonyl (C=O) groups excluding carboxylic acids is 2. The van der Waals surface area contributed by atoms with Crippen LogP contribution in [0.1, 0.15) is 39.5 Å². The molecule has 4 heterocycles. The Bertz CT molecular complexity index is 1480. The number of anilines is 1. The minimum absolute atomic E-state index is 0.0310. The fraction of sp³-hybridized carbons (Fsp3) is 0.367. The van der Waals surface area contributed by atoms with Gasteiger partial charge in [0, 0.05) is 61.7 Å². The topological polar surface area (TPSA) is 93.1 Å². The third kappa shape index (κ3) is 4.73. The van der Waals surface area contributed by atoms with E-state index in [0.29, 0.717) is 55.5 Å². The van der Waals surface area contributed by atoms with Crippen LogP contribution in [-0.2, 0) is 19.5 Å². The Kier molecular flexibility index (Phi) is 6.50. The van der Waals surface area contributed by atoms with Crippen LogP contribution in [0.4, 0.5) is 10.5 Å². The standard InChI is InChI=1S/C30H32N4O5/c1-38-26-13-21-10-11-32(17-22(21)14-27(26)39-2)29(36)20-6-8-24(9-7-20)31-30(37)33-15-19-12-23(18-33)25-4-3-5-28(35)34(25)16-19/h3-9,13-14,19,23H,10-12,15-18H2,1-2H3,(H,31,37)/t19-,23+/m1/s1. The van der Waals surface area contributed by atoms with Crippen molar-refractivity contribution in [3.63, 3.8) is 0 Å². The van der Waals surface area contributed by atoms with Crippen LogP contribution < -0.4 is 20.3 Å². The Balaban J connectivity index is 1.10. The van der Waals surface area contributed by atoms with Crippen LogP contribution in [0.5, 0.6) is 11.5 Å². The molecule has 2 aromatic carbocycles. The van der Waals surface area contributed by atoms with Gasteiger partial charge in [0.15, 0.2) is 11.5 Å². The van der Waals surface area contributed by atoms with E-state index >= 15 is 0 Å². The lowest BCUT2D eigenvalue weighted by atomic mass is 9.83. The lowest BCUT2D eigenvalue weighted by molar-refractivity contribution is 0.0734. The predicted octanol–water partition coefficient (Wildman–Crippen LogP) is 3.72. The van der Waals surface area contributed by atoms with Crippen molar-refractivity contribution in [3.8, 4) is 11.5 Å². The minimum atomic E-state index is -0.160. The molecule has 0 radical (unpaired) electrons. The number of methoxy groups -OCH3 is 2. The first kappa shape index (κ1) is 25.0. The highest BCUT2D eigenvalue weighted by molar-refractivity contribution is 5.95. The number of amides is 3. The van der Waals surface area contributed by atoms with E-state index in [2.05, 4.69) is 5.32 Å². The molecule has 3 aliphatic rings. The summed E-state index contributed by atoms with van der Waals surface area (Å²) in [5.41, 5.74) is 4.47. The normalized spacial score (nSPS) is 19.5. The van der Waals surface area contributed by atoms with Crippen LogP contribution in [0.15, 0.2) is 59.4 Å². The first-order valence-electron chi connectivity index (χ1n) is 13.3. The molecule has 1 N–H and O–H groups in total. The number of pyridine rings is 1. The monoisotopic (exact) mass is 528 g/mol. The Labute approximate surface area is 226 Å². The zero-order valence-corrected chi connectivity index (χ0v) is 22.2. The van der Waals surface area contributed by atoms with Gasteiger partial charge in [-0.15, -0.1) is 0 Å². The summed E-state index contributed by atoms with van der Waals surface area (Å²) in [6.45, 7) is 2.96. The largest absolute Gasteiger partial charge is 0.493 e. The molecule has 3 amide bonds. The number of carbonyl (C=O) groups is 2. The average Bonchev–Trinajstić information content (AvgIpc) is 2.96. The molecule has 3 aliphatic heterocycles. The number of likely N-dealkylation sites (tertiary alicyclic amines) is 1. The number of nitrogens with one attached hydrogen (secondary N) is 1. The number of nitrogens with zero attached hydrogens (tertiary/aromatic N) is 3. The number of hydrogen-bond acceptors (Lipinski definition) is 5. The maximum absolute atomic E-state index is 13.3. The number of hydrogen-bond donors (Lipinski definition) is 1. The molecular weight excluding hydrogens is 496 g/mol. The molecule has 0 spiro atoms. The van der Waals surface area contributed by atoms with E-state index in [4.69, 9.17) is 9.47 Å². The summed E-state index contributed by atoms with van der Waals surface area (Å²) in [6, 6.07) is 16.2. The van der Waals surface area contributed by atoms with Gasteiger partial charge in [-0.05, 0) is 72.4 Å². The minimum Gasteiger partial charge on any atom is -0.493 e. The summed E-state index contributed by atoms with van der Waals surface area (Å²) in [5, 5.41) is 2.99. The van der Waals surface area contributed by atoms with Gasteiger partial charge in [-0.3, -0.25) is 9.59 Å². The van der Waals surface area contributed by atoms with Crippen LogP contribution in [0, 0.1) is 5.92 Å². The SMILES string of the molecule is COc1cc2c(cc1OC)CN(C(=O)c1ccc(NC(=O)N3C[C@H]4C[C@@H](C3)c3cccc(=O)n3C4)cc1)CC2. The van der Waals surface area contributed by atoms with Gasteiger partial charge in [0.1, 0.15) is 0 Å². The Morgan fingerprint density at radius 2 is 1.64 bits per heavy atom. The van der Waals surface area contributed by atoms with Crippen molar-refractivity contribution >= 4 is 17.6 Å². The van der Waals surface area contributed by atoms with E-state index in [0.717, 1.165) is 29.7 Å². The van der Waals surface area contributed by atoms with Gasteiger partial charge in [0.05, 0.1) is 14.2 Å². The van der Waals surface area contributed by atoms with E-state index in [1.165, 1.54) is 0 Å². The molecule has 1 saturated heterocycles. The summed E-state index contributed by atoms with van der Waals surface area (Å²) in [7, 11) is 3.23. The number of ether oxygens (including phenoxy) is 2. The Morgan fingerprint density at radius 1 is 0.897 bits per heavy atom. The Morgan fingerprint density at radius 3 is 2.38 bits per heavy atom. The van der Waals surface area contributed by atoms with Gasteiger partial charge in [0.2, 0.25) is 0 Å². The lowest BCUT2D eigenvalue weighted by Gasteiger charge is -2.42. The number of benzene rings is 2. The molecule has 202 valence electrons. The molecule has 1 aromatic heterocycles. The van der Waals surface area contributed by atoms with Gasteiger partial charge >= 0.3 is 6.03 Å². The third-order valence-electron chi connectivity index (χ3n) is 8.16. The van der Waals surface area contributed by atoms with Crippen molar-refractivity contribution in [3.05, 3.63) is 87.3 Å². The second-order valence-electron chi connectivity index (χ2n) is 10.6. The number of urea groups is 1. The molecule has 0 unspecified atom stereocenters. The fourth-order valence-corrected chi connectivity index (χ4v) is 6.20. The van der Waals surface area contributed by atoms with Gasteiger partial charge in [-0.25, -0.2) is 4.79 Å². The first-order valence-corrected chi connectivity index (χ1v) is 13.3. The maximum Gasteiger partial charge on any atom is 0.321 e. The molecule has 39 heavy (non-hydrogen) atoms. The van der Waals surface area contributed by atoms with Gasteiger partial charge in [-0.2, -0.15) is 0 Å². The highest BCUT2D eigenvalue weighted by atomic mass is 16.5. The van der Waals surface area contributed by atoms with Crippen LogP contribution in [-0.4, -0.2) is 60.2 Å². The molecule has 6 rings (SSSR count). The summed E-state index contributed by atoms with van der Waals surface area (Å²) < 4.78 is 12.7. The highest BCUT2D eigenvalue weighted by Gasteiger charge is 2.36. The van der Waals surface area contributed by atoms with E-state index < -0.39 is 0 Å². The molecule has 9 nitrogen and oxygen atoms in total. The predicted molar refractivity (Wildman–Crippen MR) is 147 cm³/mol. The zero-order chi connectivity index (χ0) is 27.1. The highest BCUT2D eigenvalue weighted by Crippen LogP contribution is 2.36. The molecule has 0 aliphatic carbocycles. The lowest BCUT2D eigenvalue weighted by Crippen LogP contribution is -2.50. The molecule has 2 bridgehead atoms. The van der Waals surface area contributed by atoms with Crippen LogP contribution in [0.25, 0.3) is 0 Å².